The molecule has 1 unspecified atom stereocenters. The van der Waals surface area contributed by atoms with Crippen molar-refractivity contribution in [2.24, 2.45) is 0 Å². The molecule has 1 atom stereocenters. The van der Waals surface area contributed by atoms with Gasteiger partial charge in [-0.3, -0.25) is 24.1 Å². The van der Waals surface area contributed by atoms with Crippen molar-refractivity contribution in [3.05, 3.63) is 99.5 Å². The fourth-order valence-electron chi connectivity index (χ4n) is 6.35. The maximum Gasteiger partial charge on any atom is 0.307 e. The molecule has 11 nitrogen and oxygen atoms in total. The van der Waals surface area contributed by atoms with Crippen molar-refractivity contribution in [2.75, 3.05) is 66.1 Å². The van der Waals surface area contributed by atoms with Gasteiger partial charge in [-0.15, -0.1) is 0 Å². The summed E-state index contributed by atoms with van der Waals surface area (Å²) < 4.78 is 16.2. The first-order valence-electron chi connectivity index (χ1n) is 17.6. The van der Waals surface area contributed by atoms with Gasteiger partial charge in [0.05, 0.1) is 39.7 Å². The molecule has 0 spiro atoms. The Morgan fingerprint density at radius 1 is 0.923 bits per heavy atom. The van der Waals surface area contributed by atoms with Gasteiger partial charge in [-0.1, -0.05) is 71.7 Å². The summed E-state index contributed by atoms with van der Waals surface area (Å²) in [4.78, 5) is 61.0. The molecule has 2 aliphatic rings. The second-order valence-corrected chi connectivity index (χ2v) is 13.8. The van der Waals surface area contributed by atoms with E-state index in [-0.39, 0.29) is 56.7 Å². The van der Waals surface area contributed by atoms with E-state index in [1.165, 1.54) is 12.0 Å². The van der Waals surface area contributed by atoms with Gasteiger partial charge in [-0.2, -0.15) is 0 Å². The number of rotatable bonds is 17. The van der Waals surface area contributed by atoms with Gasteiger partial charge in [0, 0.05) is 55.9 Å². The summed E-state index contributed by atoms with van der Waals surface area (Å²) in [5.41, 5.74) is 2.67. The van der Waals surface area contributed by atoms with Crippen molar-refractivity contribution in [2.45, 2.75) is 44.9 Å². The van der Waals surface area contributed by atoms with Crippen LogP contribution in [0.4, 0.5) is 0 Å². The lowest BCUT2D eigenvalue weighted by Crippen LogP contribution is -2.61. The van der Waals surface area contributed by atoms with Gasteiger partial charge in [-0.05, 0) is 53.8 Å². The number of hydrogen-bond donors (Lipinski definition) is 0. The summed E-state index contributed by atoms with van der Waals surface area (Å²) in [6, 6.07) is 21.5. The molecule has 3 amide bonds. The summed E-state index contributed by atoms with van der Waals surface area (Å²) in [6.45, 7) is 4.90. The summed E-state index contributed by atoms with van der Waals surface area (Å²) in [7, 11) is 1.30. The number of methoxy groups -OCH3 is 1. The number of carbonyl (C=O) groups is 4. The van der Waals surface area contributed by atoms with Gasteiger partial charge in [-0.25, -0.2) is 0 Å². The number of ether oxygens (including phenoxy) is 3. The van der Waals surface area contributed by atoms with Crippen LogP contribution < -0.4 is 4.74 Å². The minimum Gasteiger partial charge on any atom is -0.489 e. The number of benzene rings is 3. The highest BCUT2D eigenvalue weighted by Gasteiger charge is 2.41. The third-order valence-corrected chi connectivity index (χ3v) is 9.93. The molecule has 0 radical (unpaired) electrons. The quantitative estimate of drug-likeness (QED) is 0.180. The lowest BCUT2D eigenvalue weighted by Gasteiger charge is -2.41. The minimum absolute atomic E-state index is 0.0186. The zero-order valence-electron chi connectivity index (χ0n) is 29.5. The van der Waals surface area contributed by atoms with Gasteiger partial charge in [0.25, 0.3) is 0 Å². The molecule has 13 heteroatoms. The number of nitrogens with zero attached hydrogens (tertiary/aromatic N) is 4. The Labute approximate surface area is 315 Å². The maximum absolute atomic E-state index is 14.1. The molecular weight excluding hydrogens is 707 g/mol. The van der Waals surface area contributed by atoms with E-state index in [2.05, 4.69) is 4.90 Å². The van der Waals surface area contributed by atoms with Gasteiger partial charge >= 0.3 is 5.97 Å². The van der Waals surface area contributed by atoms with E-state index in [4.69, 9.17) is 37.4 Å². The third-order valence-electron chi connectivity index (χ3n) is 9.34. The van der Waals surface area contributed by atoms with Crippen LogP contribution in [-0.4, -0.2) is 115 Å². The van der Waals surface area contributed by atoms with Gasteiger partial charge in [0.15, 0.2) is 0 Å². The van der Waals surface area contributed by atoms with E-state index < -0.39 is 12.0 Å². The highest BCUT2D eigenvalue weighted by atomic mass is 35.5. The van der Waals surface area contributed by atoms with Crippen LogP contribution in [0.2, 0.25) is 10.0 Å². The molecule has 2 heterocycles. The molecule has 5 rings (SSSR count). The molecule has 2 saturated heterocycles. The predicted octanol–water partition coefficient (Wildman–Crippen LogP) is 4.86. The topological polar surface area (TPSA) is 109 Å². The Balaban J connectivity index is 1.29. The van der Waals surface area contributed by atoms with Crippen LogP contribution in [0.1, 0.15) is 36.0 Å². The summed E-state index contributed by atoms with van der Waals surface area (Å²) >= 11 is 12.5. The third kappa shape index (κ3) is 11.4. The van der Waals surface area contributed by atoms with E-state index in [0.29, 0.717) is 55.0 Å². The number of morpholine rings is 1. The zero-order valence-corrected chi connectivity index (χ0v) is 31.0. The van der Waals surface area contributed by atoms with Crippen molar-refractivity contribution in [3.8, 4) is 5.75 Å². The van der Waals surface area contributed by atoms with Crippen LogP contribution in [0.3, 0.4) is 0 Å². The Kier molecular flexibility index (Phi) is 14.7. The van der Waals surface area contributed by atoms with Crippen molar-refractivity contribution in [1.29, 1.82) is 0 Å². The Bertz CT molecular complexity index is 1650. The summed E-state index contributed by atoms with van der Waals surface area (Å²) in [5, 5.41) is 0.991. The Hall–Kier alpha value is -4.16. The van der Waals surface area contributed by atoms with E-state index in [0.717, 1.165) is 36.3 Å². The highest BCUT2D eigenvalue weighted by Crippen LogP contribution is 2.24. The van der Waals surface area contributed by atoms with Crippen LogP contribution in [0.25, 0.3) is 0 Å². The van der Waals surface area contributed by atoms with Crippen molar-refractivity contribution < 1.29 is 33.4 Å². The second kappa shape index (κ2) is 19.6. The Morgan fingerprint density at radius 3 is 2.38 bits per heavy atom. The largest absolute Gasteiger partial charge is 0.489 e. The predicted molar refractivity (Wildman–Crippen MR) is 198 cm³/mol. The van der Waals surface area contributed by atoms with Crippen molar-refractivity contribution >= 4 is 46.9 Å². The highest BCUT2D eigenvalue weighted by molar-refractivity contribution is 6.35. The molecule has 3 aromatic carbocycles. The van der Waals surface area contributed by atoms with E-state index in [1.807, 2.05) is 54.6 Å². The van der Waals surface area contributed by atoms with Crippen molar-refractivity contribution in [3.63, 3.8) is 0 Å². The lowest BCUT2D eigenvalue weighted by atomic mass is 10.0. The molecule has 0 aromatic heterocycles. The lowest BCUT2D eigenvalue weighted by molar-refractivity contribution is -0.158. The fourth-order valence-corrected chi connectivity index (χ4v) is 6.86. The molecule has 0 saturated carbocycles. The number of esters is 1. The van der Waals surface area contributed by atoms with Gasteiger partial charge in [0.1, 0.15) is 18.4 Å². The molecular formula is C39H46Cl2N4O7. The number of piperazine rings is 1. The first-order valence-corrected chi connectivity index (χ1v) is 18.4. The van der Waals surface area contributed by atoms with Gasteiger partial charge in [0.2, 0.25) is 17.7 Å². The van der Waals surface area contributed by atoms with Crippen LogP contribution in [-0.2, 0) is 48.2 Å². The number of amides is 3. The monoisotopic (exact) mass is 752 g/mol. The molecule has 2 aliphatic heterocycles. The van der Waals surface area contributed by atoms with Crippen LogP contribution in [0.15, 0.2) is 72.8 Å². The van der Waals surface area contributed by atoms with Crippen LogP contribution >= 0.6 is 23.2 Å². The van der Waals surface area contributed by atoms with Crippen LogP contribution in [0, 0.1) is 0 Å². The number of hydrogen-bond acceptors (Lipinski definition) is 8. The van der Waals surface area contributed by atoms with Crippen molar-refractivity contribution in [1.82, 2.24) is 19.6 Å². The SMILES string of the molecule is COC(=O)CCN(Cc1ccc(OCc2ccccc2)cc1)C(=O)CC1C(=O)N(CCc2ccc(Cl)cc2Cl)CC(=O)N1CCCN1CCOCC1. The average molecular weight is 754 g/mol. The number of carbonyl (C=O) groups excluding carboxylic acids is 4. The zero-order chi connectivity index (χ0) is 36.9. The minimum atomic E-state index is -0.992. The van der Waals surface area contributed by atoms with E-state index >= 15 is 0 Å². The number of halogens is 2. The normalized spacial score (nSPS) is 16.6. The van der Waals surface area contributed by atoms with E-state index in [1.54, 1.807) is 28.0 Å². The Morgan fingerprint density at radius 2 is 1.67 bits per heavy atom. The van der Waals surface area contributed by atoms with Gasteiger partial charge < -0.3 is 28.9 Å². The molecule has 3 aromatic rings. The smallest absolute Gasteiger partial charge is 0.307 e. The maximum atomic E-state index is 14.1. The second-order valence-electron chi connectivity index (χ2n) is 12.9. The fraction of sp³-hybridized carbons (Fsp3) is 0.436. The van der Waals surface area contributed by atoms with E-state index in [9.17, 15) is 19.2 Å². The first-order chi connectivity index (χ1) is 25.2. The molecule has 0 bridgehead atoms. The summed E-state index contributed by atoms with van der Waals surface area (Å²) in [5.74, 6) is -0.631. The first kappa shape index (κ1) is 39.1. The average Bonchev–Trinajstić information content (AvgIpc) is 3.16. The summed E-state index contributed by atoms with van der Waals surface area (Å²) in [6.07, 6.45) is 0.826. The molecule has 0 aliphatic carbocycles. The molecule has 278 valence electrons. The van der Waals surface area contributed by atoms with Crippen LogP contribution in [0.5, 0.6) is 5.75 Å². The molecule has 52 heavy (non-hydrogen) atoms. The molecule has 2 fully saturated rings. The standard InChI is InChI=1S/C39H46Cl2N4O7/c1-50-38(48)15-19-43(26-29-8-12-33(13-9-29)52-28-30-6-3-2-4-7-30)36(46)25-35-39(49)44(18-14-31-10-11-32(40)24-34(31)41)27-37(47)45(35)17-5-16-42-20-22-51-23-21-42/h2-4,6-13,24,35H,5,14-23,25-28H2,1H3. The molecule has 0 N–H and O–H groups in total.